The highest BCUT2D eigenvalue weighted by Crippen LogP contribution is 2.24. The second kappa shape index (κ2) is 4.58. The molecule has 0 spiro atoms. The topological polar surface area (TPSA) is 101 Å². The molecule has 4 N–H and O–H groups in total. The fourth-order valence-electron chi connectivity index (χ4n) is 2.07. The summed E-state index contributed by atoms with van der Waals surface area (Å²) >= 11 is 0. The highest BCUT2D eigenvalue weighted by atomic mass is 32.2. The average molecular weight is 280 g/mol. The van der Waals surface area contributed by atoms with Crippen molar-refractivity contribution in [2.24, 2.45) is 0 Å². The fraction of sp³-hybridized carbons (Fsp3) is 0.250. The molecule has 0 unspecified atom stereocenters. The van der Waals surface area contributed by atoms with E-state index >= 15 is 0 Å². The number of nitrogen functional groups attached to an aromatic ring is 1. The predicted molar refractivity (Wildman–Crippen MR) is 74.5 cm³/mol. The van der Waals surface area contributed by atoms with Gasteiger partial charge in [0.25, 0.3) is 10.0 Å². The van der Waals surface area contributed by atoms with Crippen molar-refractivity contribution >= 4 is 21.5 Å². The number of hydrogen-bond donors (Lipinski definition) is 3. The molecule has 1 heterocycles. The molecule has 0 atom stereocenters. The quantitative estimate of drug-likeness (QED) is 0.745. The Kier molecular flexibility index (Phi) is 3.23. The van der Waals surface area contributed by atoms with Crippen molar-refractivity contribution in [3.63, 3.8) is 0 Å². The number of sulfonamides is 1. The van der Waals surface area contributed by atoms with Crippen molar-refractivity contribution in [2.45, 2.75) is 25.7 Å². The monoisotopic (exact) mass is 280 g/mol. The van der Waals surface area contributed by atoms with Crippen molar-refractivity contribution in [3.05, 3.63) is 35.0 Å². The summed E-state index contributed by atoms with van der Waals surface area (Å²) < 4.78 is 27.2. The molecule has 1 aromatic carbocycles. The van der Waals surface area contributed by atoms with Gasteiger partial charge in [0.15, 0.2) is 5.82 Å². The molecule has 0 aliphatic heterocycles. The Hall–Kier alpha value is -2.02. The van der Waals surface area contributed by atoms with Crippen molar-refractivity contribution in [1.82, 2.24) is 10.2 Å². The number of H-pyrrole nitrogens is 1. The molecule has 2 aromatic rings. The van der Waals surface area contributed by atoms with E-state index in [4.69, 9.17) is 5.73 Å². The molecule has 2 rings (SSSR count). The number of nitrogens with one attached hydrogen (secondary N) is 2. The van der Waals surface area contributed by atoms with E-state index in [-0.39, 0.29) is 10.7 Å². The molecule has 0 bridgehead atoms. The third-order valence-electron chi connectivity index (χ3n) is 2.70. The minimum absolute atomic E-state index is 0.238. The Bertz CT molecular complexity index is 696. The molecular weight excluding hydrogens is 264 g/mol. The molecule has 0 saturated heterocycles. The highest BCUT2D eigenvalue weighted by molar-refractivity contribution is 7.92. The lowest BCUT2D eigenvalue weighted by atomic mass is 10.1. The number of nitrogens with two attached hydrogens (primary N) is 1. The SMILES string of the molecule is Cc1cc(NS(=O)(=O)c2c(C)cc(N)cc2C)n[nH]1. The first kappa shape index (κ1) is 13.4. The maximum Gasteiger partial charge on any atom is 0.263 e. The fourth-order valence-corrected chi connectivity index (χ4v) is 3.51. The number of benzene rings is 1. The summed E-state index contributed by atoms with van der Waals surface area (Å²) in [4.78, 5) is 0.238. The van der Waals surface area contributed by atoms with Gasteiger partial charge in [-0.3, -0.25) is 9.82 Å². The number of nitrogens with zero attached hydrogens (tertiary/aromatic N) is 1. The van der Waals surface area contributed by atoms with Crippen LogP contribution in [0.4, 0.5) is 11.5 Å². The normalized spacial score (nSPS) is 11.5. The second-order valence-corrected chi connectivity index (χ2v) is 6.14. The van der Waals surface area contributed by atoms with Gasteiger partial charge >= 0.3 is 0 Å². The summed E-state index contributed by atoms with van der Waals surface area (Å²) in [6.45, 7) is 5.23. The molecule has 6 nitrogen and oxygen atoms in total. The molecule has 0 aliphatic rings. The lowest BCUT2D eigenvalue weighted by molar-refractivity contribution is 0.600. The van der Waals surface area contributed by atoms with Crippen LogP contribution in [-0.4, -0.2) is 18.6 Å². The van der Waals surface area contributed by atoms with Crippen LogP contribution in [0.3, 0.4) is 0 Å². The summed E-state index contributed by atoms with van der Waals surface area (Å²) in [5.41, 5.74) is 8.24. The number of aryl methyl sites for hydroxylation is 3. The average Bonchev–Trinajstić information content (AvgIpc) is 2.60. The van der Waals surface area contributed by atoms with E-state index in [9.17, 15) is 8.42 Å². The van der Waals surface area contributed by atoms with E-state index in [2.05, 4.69) is 14.9 Å². The van der Waals surface area contributed by atoms with Crippen molar-refractivity contribution in [1.29, 1.82) is 0 Å². The number of hydrogen-bond acceptors (Lipinski definition) is 4. The van der Waals surface area contributed by atoms with Gasteiger partial charge in [0.1, 0.15) is 0 Å². The van der Waals surface area contributed by atoms with Gasteiger partial charge in [-0.1, -0.05) is 0 Å². The van der Waals surface area contributed by atoms with Crippen molar-refractivity contribution in [2.75, 3.05) is 10.5 Å². The van der Waals surface area contributed by atoms with Crippen LogP contribution in [0.15, 0.2) is 23.1 Å². The Morgan fingerprint density at radius 2 is 1.74 bits per heavy atom. The van der Waals surface area contributed by atoms with Gasteiger partial charge in [0.2, 0.25) is 0 Å². The first-order valence-electron chi connectivity index (χ1n) is 5.71. The maximum absolute atomic E-state index is 12.4. The first-order valence-corrected chi connectivity index (χ1v) is 7.19. The van der Waals surface area contributed by atoms with Crippen LogP contribution in [-0.2, 0) is 10.0 Å². The van der Waals surface area contributed by atoms with Crippen LogP contribution in [0.25, 0.3) is 0 Å². The lowest BCUT2D eigenvalue weighted by Gasteiger charge is -2.12. The molecule has 102 valence electrons. The number of aromatic nitrogens is 2. The third-order valence-corrected chi connectivity index (χ3v) is 4.36. The van der Waals surface area contributed by atoms with E-state index < -0.39 is 10.0 Å². The van der Waals surface area contributed by atoms with Crippen LogP contribution in [0.5, 0.6) is 0 Å². The molecule has 1 aromatic heterocycles. The molecular formula is C12H16N4O2S. The zero-order valence-electron chi connectivity index (χ0n) is 11.0. The standard InChI is InChI=1S/C12H16N4O2S/c1-7-4-10(13)5-8(2)12(7)19(17,18)16-11-6-9(3)14-15-11/h4-6H,13H2,1-3H3,(H2,14,15,16). The maximum atomic E-state index is 12.4. The number of aromatic amines is 1. The minimum Gasteiger partial charge on any atom is -0.399 e. The Labute approximate surface area is 112 Å². The minimum atomic E-state index is -3.67. The van der Waals surface area contributed by atoms with Crippen molar-refractivity contribution < 1.29 is 8.42 Å². The van der Waals surface area contributed by atoms with Crippen LogP contribution >= 0.6 is 0 Å². The van der Waals surface area contributed by atoms with Gasteiger partial charge in [0, 0.05) is 17.4 Å². The van der Waals surface area contributed by atoms with Gasteiger partial charge in [-0.25, -0.2) is 8.42 Å². The van der Waals surface area contributed by atoms with E-state index in [0.29, 0.717) is 16.8 Å². The Balaban J connectivity index is 2.45. The smallest absolute Gasteiger partial charge is 0.263 e. The number of rotatable bonds is 3. The highest BCUT2D eigenvalue weighted by Gasteiger charge is 2.20. The molecule has 0 radical (unpaired) electrons. The van der Waals surface area contributed by atoms with Gasteiger partial charge in [0.05, 0.1) is 4.90 Å². The van der Waals surface area contributed by atoms with E-state index in [1.54, 1.807) is 39.0 Å². The molecule has 7 heteroatoms. The zero-order chi connectivity index (χ0) is 14.2. The molecule has 0 saturated carbocycles. The zero-order valence-corrected chi connectivity index (χ0v) is 11.8. The van der Waals surface area contributed by atoms with Gasteiger partial charge < -0.3 is 5.73 Å². The van der Waals surface area contributed by atoms with Gasteiger partial charge in [-0.2, -0.15) is 5.10 Å². The summed E-state index contributed by atoms with van der Waals surface area (Å²) in [5, 5.41) is 6.55. The Morgan fingerprint density at radius 3 is 2.21 bits per heavy atom. The first-order chi connectivity index (χ1) is 8.79. The Morgan fingerprint density at radius 1 is 1.16 bits per heavy atom. The van der Waals surface area contributed by atoms with Crippen molar-refractivity contribution in [3.8, 4) is 0 Å². The van der Waals surface area contributed by atoms with Crippen LogP contribution in [0.1, 0.15) is 16.8 Å². The van der Waals surface area contributed by atoms with Crippen LogP contribution < -0.4 is 10.5 Å². The summed E-state index contributed by atoms with van der Waals surface area (Å²) in [5.74, 6) is 0.271. The molecule has 19 heavy (non-hydrogen) atoms. The molecule has 0 amide bonds. The third kappa shape index (κ3) is 2.70. The van der Waals surface area contributed by atoms with E-state index in [0.717, 1.165) is 5.69 Å². The summed E-state index contributed by atoms with van der Waals surface area (Å²) in [6, 6.07) is 4.90. The lowest BCUT2D eigenvalue weighted by Crippen LogP contribution is -2.16. The molecule has 0 fully saturated rings. The number of anilines is 2. The summed E-state index contributed by atoms with van der Waals surface area (Å²) in [7, 11) is -3.67. The van der Waals surface area contributed by atoms with Crippen LogP contribution in [0.2, 0.25) is 0 Å². The van der Waals surface area contributed by atoms with Gasteiger partial charge in [-0.05, 0) is 44.0 Å². The van der Waals surface area contributed by atoms with E-state index in [1.807, 2.05) is 0 Å². The largest absolute Gasteiger partial charge is 0.399 e. The summed E-state index contributed by atoms with van der Waals surface area (Å²) in [6.07, 6.45) is 0. The van der Waals surface area contributed by atoms with E-state index in [1.165, 1.54) is 0 Å². The van der Waals surface area contributed by atoms with Crippen LogP contribution in [0, 0.1) is 20.8 Å². The predicted octanol–water partition coefficient (Wildman–Crippen LogP) is 1.72. The van der Waals surface area contributed by atoms with Gasteiger partial charge in [-0.15, -0.1) is 0 Å². The molecule has 0 aliphatic carbocycles. The second-order valence-electron chi connectivity index (χ2n) is 4.53.